The molecule has 2 amide bonds. The number of nitrogens with zero attached hydrogens (tertiary/aromatic N) is 2. The van der Waals surface area contributed by atoms with Gasteiger partial charge in [-0.2, -0.15) is 0 Å². The van der Waals surface area contributed by atoms with Crippen LogP contribution in [-0.2, 0) is 31.4 Å². The van der Waals surface area contributed by atoms with Crippen LogP contribution in [-0.4, -0.2) is 33.5 Å². The second-order valence-electron chi connectivity index (χ2n) is 4.76. The Morgan fingerprint density at radius 1 is 0.700 bits per heavy atom. The number of carbonyl (C=O) groups excluding carboxylic acids is 2. The molecule has 2 rings (SSSR count). The first kappa shape index (κ1) is 18.1. The first-order valence-electron chi connectivity index (χ1n) is 7.02. The van der Waals surface area contributed by atoms with Gasteiger partial charge in [0.05, 0.1) is 0 Å². The fraction of sp³-hybridized carbons (Fsp3) is 0.833. The predicted octanol–water partition coefficient (Wildman–Crippen LogP) is 2.88. The molecule has 0 radical (unpaired) electrons. The quantitative estimate of drug-likeness (QED) is 0.435. The van der Waals surface area contributed by atoms with Crippen molar-refractivity contribution in [2.45, 2.75) is 51.4 Å². The Morgan fingerprint density at radius 3 is 1.50 bits per heavy atom. The van der Waals surface area contributed by atoms with Gasteiger partial charge in [-0.25, -0.2) is 0 Å². The Hall–Kier alpha value is 0.0634. The number of amides is 2. The monoisotopic (exact) mass is 368 g/mol. The van der Waals surface area contributed by atoms with Gasteiger partial charge in [0, 0.05) is 47.9 Å². The topological polar surface area (TPSA) is 57.7 Å². The van der Waals surface area contributed by atoms with Crippen molar-refractivity contribution in [3.05, 3.63) is 0 Å². The van der Waals surface area contributed by atoms with E-state index in [0.717, 1.165) is 51.6 Å². The van der Waals surface area contributed by atoms with Crippen molar-refractivity contribution in [3.8, 4) is 0 Å². The molecule has 2 saturated heterocycles. The van der Waals surface area contributed by atoms with E-state index in [9.17, 15) is 9.59 Å². The van der Waals surface area contributed by atoms with Gasteiger partial charge in [-0.1, -0.05) is 12.8 Å². The van der Waals surface area contributed by atoms with Crippen molar-refractivity contribution in [2.24, 2.45) is 0 Å². The maximum atomic E-state index is 11.8. The Morgan fingerprint density at radius 2 is 1.10 bits per heavy atom. The normalized spacial score (nSPS) is 20.9. The van der Waals surface area contributed by atoms with E-state index >= 15 is 0 Å². The summed E-state index contributed by atoms with van der Waals surface area (Å²) in [4.78, 5) is 23.6. The summed E-state index contributed by atoms with van der Waals surface area (Å²) < 4.78 is 12.0. The van der Waals surface area contributed by atoms with Gasteiger partial charge < -0.3 is 0 Å². The van der Waals surface area contributed by atoms with Crippen molar-refractivity contribution < 1.29 is 31.4 Å². The number of hydrogen-bond acceptors (Lipinski definition) is 5. The van der Waals surface area contributed by atoms with E-state index in [1.807, 2.05) is 8.61 Å². The van der Waals surface area contributed by atoms with Crippen molar-refractivity contribution >= 4 is 33.8 Å². The van der Waals surface area contributed by atoms with Gasteiger partial charge in [-0.3, -0.25) is 18.2 Å². The average molecular weight is 370 g/mol. The zero-order valence-corrected chi connectivity index (χ0v) is 16.3. The second-order valence-corrected chi connectivity index (χ2v) is 6.84. The van der Waals surface area contributed by atoms with Gasteiger partial charge in [-0.15, -0.1) is 0 Å². The Bertz CT molecular complexity index is 304. The van der Waals surface area contributed by atoms with E-state index in [1.54, 1.807) is 0 Å². The van der Waals surface area contributed by atoms with E-state index in [-0.39, 0.29) is 30.1 Å². The molecule has 20 heavy (non-hydrogen) atoms. The van der Waals surface area contributed by atoms with Crippen molar-refractivity contribution in [1.29, 1.82) is 0 Å². The molecule has 0 atom stereocenters. The van der Waals surface area contributed by atoms with Crippen molar-refractivity contribution in [3.63, 3.8) is 0 Å². The Kier molecular flexibility index (Phi) is 9.73. The molecule has 8 heteroatoms. The van der Waals surface area contributed by atoms with Crippen LogP contribution in [0.2, 0.25) is 0 Å². The van der Waals surface area contributed by atoms with E-state index in [0.29, 0.717) is 12.8 Å². The molecule has 0 unspecified atom stereocenters. The number of carbonyl (C=O) groups is 2. The minimum absolute atomic E-state index is 0.125. The first-order valence-corrected chi connectivity index (χ1v) is 10.3. The molecule has 0 saturated carbocycles. The molecule has 0 N–H and O–H groups in total. The zero-order chi connectivity index (χ0) is 14.8. The fourth-order valence-corrected chi connectivity index (χ4v) is 4.50. The van der Waals surface area contributed by atoms with Crippen LogP contribution in [0, 0.1) is 0 Å². The molecule has 2 aliphatic rings. The van der Waals surface area contributed by atoms with Crippen LogP contribution in [0.25, 0.3) is 0 Å². The van der Waals surface area contributed by atoms with E-state index < -0.39 is 0 Å². The summed E-state index contributed by atoms with van der Waals surface area (Å²) in [5, 5.41) is 0. The molecule has 2 aliphatic heterocycles. The van der Waals surface area contributed by atoms with Crippen LogP contribution < -0.4 is 0 Å². The Balaban J connectivity index is 0.000000956. The van der Waals surface area contributed by atoms with Crippen LogP contribution in [0.1, 0.15) is 51.4 Å². The average Bonchev–Trinajstić information content (AvgIpc) is 2.80. The summed E-state index contributed by atoms with van der Waals surface area (Å²) in [6, 6.07) is 0. The third-order valence-electron chi connectivity index (χ3n) is 3.27. The van der Waals surface area contributed by atoms with Crippen LogP contribution >= 0.6 is 22.0 Å². The van der Waals surface area contributed by atoms with Gasteiger partial charge >= 0.3 is 21.8 Å². The molecule has 0 aromatic heterocycles. The van der Waals surface area contributed by atoms with Gasteiger partial charge in [-0.05, 0) is 25.7 Å². The standard InChI is InChI=1S/C12H20N2O2S2.O.Zn/c15-11-7-3-1-5-9-13(11)17-18-14-10-6-2-4-8-12(14)16;;/h1-10H2;;. The minimum atomic E-state index is 0.125. The number of hydrogen-bond donors (Lipinski definition) is 0. The van der Waals surface area contributed by atoms with Gasteiger partial charge in [0.15, 0.2) is 0 Å². The zero-order valence-electron chi connectivity index (χ0n) is 11.7. The first-order chi connectivity index (χ1) is 9.77. The van der Waals surface area contributed by atoms with Crippen molar-refractivity contribution in [2.75, 3.05) is 13.1 Å². The third kappa shape index (κ3) is 6.23. The molecule has 110 valence electrons. The maximum absolute atomic E-state index is 11.8. The summed E-state index contributed by atoms with van der Waals surface area (Å²) in [5.41, 5.74) is 0. The molecule has 0 aliphatic carbocycles. The summed E-state index contributed by atoms with van der Waals surface area (Å²) in [6.07, 6.45) is 7.74. The summed E-state index contributed by atoms with van der Waals surface area (Å²) >= 11 is 0.125. The Labute approximate surface area is 138 Å². The molecule has 0 bridgehead atoms. The summed E-state index contributed by atoms with van der Waals surface area (Å²) in [5.74, 6) is 0.430. The molecule has 0 aromatic rings. The van der Waals surface area contributed by atoms with Gasteiger partial charge in [0.1, 0.15) is 0 Å². The van der Waals surface area contributed by atoms with E-state index in [4.69, 9.17) is 3.57 Å². The van der Waals surface area contributed by atoms with E-state index in [2.05, 4.69) is 0 Å². The third-order valence-corrected chi connectivity index (χ3v) is 5.75. The van der Waals surface area contributed by atoms with Crippen LogP contribution in [0.4, 0.5) is 0 Å². The molecule has 0 aromatic carbocycles. The van der Waals surface area contributed by atoms with Crippen molar-refractivity contribution in [1.82, 2.24) is 8.61 Å². The molecule has 2 heterocycles. The van der Waals surface area contributed by atoms with Crippen LogP contribution in [0.3, 0.4) is 0 Å². The molecular formula is C12H20N2O3S2Zn. The summed E-state index contributed by atoms with van der Waals surface area (Å²) in [6.45, 7) is 1.64. The van der Waals surface area contributed by atoms with Gasteiger partial charge in [0.25, 0.3) is 0 Å². The molecule has 0 spiro atoms. The van der Waals surface area contributed by atoms with Gasteiger partial charge in [0.2, 0.25) is 11.8 Å². The molecule has 5 nitrogen and oxygen atoms in total. The molecule has 2 fully saturated rings. The predicted molar refractivity (Wildman–Crippen MR) is 76.2 cm³/mol. The van der Waals surface area contributed by atoms with E-state index in [1.165, 1.54) is 22.0 Å². The van der Waals surface area contributed by atoms with Crippen LogP contribution in [0.15, 0.2) is 0 Å². The molecular weight excluding hydrogens is 350 g/mol. The fourth-order valence-electron chi connectivity index (χ4n) is 2.15. The summed E-state index contributed by atoms with van der Waals surface area (Å²) in [7, 11) is 2.89. The SMILES string of the molecule is O=C1CCCCCN1SSN1CCCCCC1=O.[O]=[Zn]. The second kappa shape index (κ2) is 10.7. The number of rotatable bonds is 3. The van der Waals surface area contributed by atoms with Crippen LogP contribution in [0.5, 0.6) is 0 Å².